The van der Waals surface area contributed by atoms with Crippen LogP contribution in [0.15, 0.2) is 35.2 Å². The topological polar surface area (TPSA) is 85.2 Å². The molecule has 0 aromatic heterocycles. The minimum absolute atomic E-state index is 0.206. The van der Waals surface area contributed by atoms with Gasteiger partial charge in [-0.05, 0) is 86.9 Å². The molecule has 8 heteroatoms. The number of thioether (sulfide) groups is 1. The lowest BCUT2D eigenvalue weighted by molar-refractivity contribution is 0.0491. The zero-order valence-electron chi connectivity index (χ0n) is 17.7. The van der Waals surface area contributed by atoms with Crippen molar-refractivity contribution >= 4 is 19.4 Å². The van der Waals surface area contributed by atoms with Gasteiger partial charge in [-0.2, -0.15) is 0 Å². The number of ether oxygens (including phenoxy) is 3. The quantitative estimate of drug-likeness (QED) is 0.326. The maximum atomic E-state index is 11.6. The van der Waals surface area contributed by atoms with Crippen molar-refractivity contribution in [1.29, 1.82) is 0 Å². The van der Waals surface area contributed by atoms with E-state index in [0.29, 0.717) is 5.75 Å². The molecule has 0 fully saturated rings. The molecule has 29 heavy (non-hydrogen) atoms. The van der Waals surface area contributed by atoms with Gasteiger partial charge < -0.3 is 24.0 Å². The van der Waals surface area contributed by atoms with Gasteiger partial charge in [0.05, 0.1) is 0 Å². The van der Waals surface area contributed by atoms with Crippen LogP contribution < -0.4 is 9.47 Å². The van der Waals surface area contributed by atoms with E-state index in [1.54, 1.807) is 18.9 Å². The first-order valence-corrected chi connectivity index (χ1v) is 12.0. The summed E-state index contributed by atoms with van der Waals surface area (Å²) in [5, 5.41) is -1.58. The fraction of sp³-hybridized carbons (Fsp3) is 0.429. The molecule has 2 aromatic rings. The van der Waals surface area contributed by atoms with E-state index in [-0.39, 0.29) is 6.79 Å². The second kappa shape index (κ2) is 9.54. The normalized spacial score (nSPS) is 12.1. The molecule has 0 radical (unpaired) electrons. The fourth-order valence-corrected chi connectivity index (χ4v) is 3.73. The summed E-state index contributed by atoms with van der Waals surface area (Å²) in [6, 6.07) is 9.74. The van der Waals surface area contributed by atoms with Gasteiger partial charge in [-0.1, -0.05) is 6.07 Å². The van der Waals surface area contributed by atoms with Gasteiger partial charge in [-0.3, -0.25) is 4.57 Å². The van der Waals surface area contributed by atoms with E-state index < -0.39 is 12.9 Å². The number of methoxy groups -OCH3 is 1. The molecule has 0 heterocycles. The van der Waals surface area contributed by atoms with Crippen molar-refractivity contribution in [3.8, 4) is 11.5 Å². The van der Waals surface area contributed by atoms with Crippen LogP contribution in [0.3, 0.4) is 0 Å². The lowest BCUT2D eigenvalue weighted by Crippen LogP contribution is -2.28. The summed E-state index contributed by atoms with van der Waals surface area (Å²) < 4.78 is 27.8. The van der Waals surface area contributed by atoms with Crippen LogP contribution >= 0.6 is 19.4 Å². The molecule has 0 spiro atoms. The Morgan fingerprint density at radius 3 is 2.24 bits per heavy atom. The van der Waals surface area contributed by atoms with Crippen molar-refractivity contribution in [2.45, 2.75) is 44.4 Å². The highest BCUT2D eigenvalue weighted by Crippen LogP contribution is 2.50. The van der Waals surface area contributed by atoms with E-state index in [0.717, 1.165) is 39.3 Å². The molecule has 0 saturated heterocycles. The van der Waals surface area contributed by atoms with Crippen LogP contribution in [0.1, 0.15) is 36.1 Å². The monoisotopic (exact) mass is 440 g/mol. The number of aryl methyl sites for hydroxylation is 2. The molecule has 0 aliphatic rings. The summed E-state index contributed by atoms with van der Waals surface area (Å²) in [4.78, 5) is 20.0. The molecule has 0 atom stereocenters. The van der Waals surface area contributed by atoms with Crippen LogP contribution in [0.5, 0.6) is 11.5 Å². The first-order valence-electron chi connectivity index (χ1n) is 9.12. The van der Waals surface area contributed by atoms with Gasteiger partial charge in [-0.25, -0.2) is 0 Å². The molecule has 0 saturated carbocycles. The smallest absolute Gasteiger partial charge is 0.368 e. The fourth-order valence-electron chi connectivity index (χ4n) is 2.91. The Hall–Kier alpha value is -1.50. The standard InChI is InChI=1S/C21H29O6PS/c1-14-9-17(27-21(3,4)28(22,23)24)10-15(2)18(14)11-16-7-8-19(26-13-25-5)20(12-16)29-6/h7-10,12H,11,13H2,1-6H3,(H2,22,23,24). The molecule has 0 unspecified atom stereocenters. The molecular formula is C21H29O6PS. The largest absolute Gasteiger partial charge is 0.475 e. The zero-order chi connectivity index (χ0) is 21.8. The van der Waals surface area contributed by atoms with Crippen molar-refractivity contribution < 1.29 is 28.6 Å². The third-order valence-electron chi connectivity index (χ3n) is 4.68. The van der Waals surface area contributed by atoms with Crippen LogP contribution in [0, 0.1) is 13.8 Å². The Balaban J connectivity index is 2.27. The van der Waals surface area contributed by atoms with E-state index in [9.17, 15) is 14.4 Å². The zero-order valence-corrected chi connectivity index (χ0v) is 19.4. The van der Waals surface area contributed by atoms with Crippen LogP contribution in [0.4, 0.5) is 0 Å². The lowest BCUT2D eigenvalue weighted by Gasteiger charge is -2.27. The van der Waals surface area contributed by atoms with Gasteiger partial charge in [0.1, 0.15) is 11.5 Å². The van der Waals surface area contributed by atoms with E-state index >= 15 is 0 Å². The maximum absolute atomic E-state index is 11.6. The number of hydrogen-bond acceptors (Lipinski definition) is 5. The maximum Gasteiger partial charge on any atom is 0.368 e. The average molecular weight is 440 g/mol. The van der Waals surface area contributed by atoms with E-state index in [1.807, 2.05) is 44.4 Å². The van der Waals surface area contributed by atoms with Gasteiger partial charge in [0, 0.05) is 12.0 Å². The Morgan fingerprint density at radius 2 is 1.72 bits per heavy atom. The van der Waals surface area contributed by atoms with Gasteiger partial charge in [0.25, 0.3) is 0 Å². The van der Waals surface area contributed by atoms with Gasteiger partial charge >= 0.3 is 7.60 Å². The van der Waals surface area contributed by atoms with Crippen molar-refractivity contribution in [2.24, 2.45) is 0 Å². The highest BCUT2D eigenvalue weighted by Gasteiger charge is 2.40. The summed E-state index contributed by atoms with van der Waals surface area (Å²) >= 11 is 1.62. The summed E-state index contributed by atoms with van der Waals surface area (Å²) in [6.45, 7) is 6.95. The molecular weight excluding hydrogens is 411 g/mol. The van der Waals surface area contributed by atoms with Crippen molar-refractivity contribution in [3.05, 3.63) is 52.6 Å². The molecule has 160 valence electrons. The Kier molecular flexibility index (Phi) is 7.82. The first kappa shape index (κ1) is 23.8. The number of hydrogen-bond donors (Lipinski definition) is 2. The van der Waals surface area contributed by atoms with Gasteiger partial charge in [0.2, 0.25) is 5.34 Å². The third kappa shape index (κ3) is 6.00. The molecule has 2 aromatic carbocycles. The van der Waals surface area contributed by atoms with E-state index in [1.165, 1.54) is 13.8 Å². The summed E-state index contributed by atoms with van der Waals surface area (Å²) in [6.07, 6.45) is 2.74. The summed E-state index contributed by atoms with van der Waals surface area (Å²) in [5.41, 5.74) is 4.32. The van der Waals surface area contributed by atoms with Crippen LogP contribution in [-0.2, 0) is 15.7 Å². The Morgan fingerprint density at radius 1 is 1.10 bits per heavy atom. The molecule has 2 rings (SSSR count). The Bertz CT molecular complexity index is 883. The second-order valence-electron chi connectivity index (χ2n) is 7.34. The molecule has 0 aliphatic heterocycles. The summed E-state index contributed by atoms with van der Waals surface area (Å²) in [5.74, 6) is 1.24. The van der Waals surface area contributed by atoms with E-state index in [4.69, 9.17) is 14.2 Å². The van der Waals surface area contributed by atoms with E-state index in [2.05, 4.69) is 6.07 Å². The lowest BCUT2D eigenvalue weighted by atomic mass is 9.95. The summed E-state index contributed by atoms with van der Waals surface area (Å²) in [7, 11) is -2.81. The molecule has 0 bridgehead atoms. The SMILES string of the molecule is COCOc1ccc(Cc2c(C)cc(OC(C)(C)P(=O)(O)O)cc2C)cc1SC. The van der Waals surface area contributed by atoms with Crippen LogP contribution in [0.2, 0.25) is 0 Å². The number of rotatable bonds is 9. The van der Waals surface area contributed by atoms with Crippen molar-refractivity contribution in [1.82, 2.24) is 0 Å². The predicted octanol–water partition coefficient (Wildman–Crippen LogP) is 4.89. The third-order valence-corrected chi connectivity index (χ3v) is 6.93. The molecule has 2 N–H and O–H groups in total. The van der Waals surface area contributed by atoms with Gasteiger partial charge in [0.15, 0.2) is 6.79 Å². The second-order valence-corrected chi connectivity index (χ2v) is 10.4. The molecule has 0 aliphatic carbocycles. The highest BCUT2D eigenvalue weighted by atomic mass is 32.2. The highest BCUT2D eigenvalue weighted by molar-refractivity contribution is 7.98. The average Bonchev–Trinajstić information content (AvgIpc) is 2.62. The predicted molar refractivity (Wildman–Crippen MR) is 116 cm³/mol. The number of benzene rings is 2. The van der Waals surface area contributed by atoms with Crippen LogP contribution in [-0.4, -0.2) is 35.3 Å². The van der Waals surface area contributed by atoms with Crippen molar-refractivity contribution in [2.75, 3.05) is 20.2 Å². The van der Waals surface area contributed by atoms with Crippen LogP contribution in [0.25, 0.3) is 0 Å². The minimum Gasteiger partial charge on any atom is -0.475 e. The Labute approximate surface area is 176 Å². The molecule has 0 amide bonds. The van der Waals surface area contributed by atoms with Gasteiger partial charge in [-0.15, -0.1) is 11.8 Å². The molecule has 6 nitrogen and oxygen atoms in total. The minimum atomic E-state index is -4.40. The first-order chi connectivity index (χ1) is 13.5. The van der Waals surface area contributed by atoms with Crippen molar-refractivity contribution in [3.63, 3.8) is 0 Å².